The molecule has 1 aliphatic heterocycles. The molecule has 1 N–H and O–H groups in total. The Hall–Kier alpha value is -1.10. The van der Waals surface area contributed by atoms with Crippen LogP contribution >= 0.6 is 11.6 Å². The molecule has 0 spiro atoms. The fourth-order valence-electron chi connectivity index (χ4n) is 2.21. The van der Waals surface area contributed by atoms with Crippen LogP contribution in [0, 0.1) is 0 Å². The molecule has 2 rings (SSSR count). The summed E-state index contributed by atoms with van der Waals surface area (Å²) in [7, 11) is 1.79. The van der Waals surface area contributed by atoms with Gasteiger partial charge < -0.3 is 15.0 Å². The average Bonchev–Trinajstić information content (AvgIpc) is 2.48. The van der Waals surface area contributed by atoms with Crippen LogP contribution in [0.15, 0.2) is 24.3 Å². The minimum absolute atomic E-state index is 0.0125. The number of benzene rings is 1. The zero-order valence-corrected chi connectivity index (χ0v) is 12.5. The number of rotatable bonds is 5. The van der Waals surface area contributed by atoms with E-state index in [9.17, 15) is 4.79 Å². The van der Waals surface area contributed by atoms with Crippen LogP contribution in [0.1, 0.15) is 18.4 Å². The van der Waals surface area contributed by atoms with E-state index in [1.165, 1.54) is 0 Å². The highest BCUT2D eigenvalue weighted by Gasteiger charge is 2.16. The van der Waals surface area contributed by atoms with Crippen molar-refractivity contribution in [1.29, 1.82) is 0 Å². The van der Waals surface area contributed by atoms with E-state index in [1.54, 1.807) is 11.9 Å². The number of nitrogens with one attached hydrogen (secondary N) is 1. The van der Waals surface area contributed by atoms with Crippen molar-refractivity contribution in [2.24, 2.45) is 0 Å². The van der Waals surface area contributed by atoms with Crippen molar-refractivity contribution in [2.75, 3.05) is 26.7 Å². The van der Waals surface area contributed by atoms with Crippen LogP contribution in [0.25, 0.3) is 0 Å². The fraction of sp³-hybridized carbons (Fsp3) is 0.533. The number of likely N-dealkylation sites (N-methyl/N-ethyl adjacent to an activating group) is 1. The summed E-state index contributed by atoms with van der Waals surface area (Å²) in [5.74, 6) is 0.0125. The molecule has 0 aromatic heterocycles. The van der Waals surface area contributed by atoms with Crippen molar-refractivity contribution in [3.05, 3.63) is 34.9 Å². The standard InChI is InChI=1S/C15H21ClN2O2/c1-18(10-12-2-4-13(16)5-3-12)15(19)11-20-14-6-8-17-9-7-14/h2-5,14,17H,6-11H2,1H3. The van der Waals surface area contributed by atoms with Gasteiger partial charge >= 0.3 is 0 Å². The van der Waals surface area contributed by atoms with Gasteiger partial charge in [0.25, 0.3) is 0 Å². The van der Waals surface area contributed by atoms with Crippen LogP contribution in [-0.2, 0) is 16.1 Å². The molecule has 0 bridgehead atoms. The molecule has 0 unspecified atom stereocenters. The summed E-state index contributed by atoms with van der Waals surface area (Å²) in [4.78, 5) is 13.7. The van der Waals surface area contributed by atoms with Gasteiger partial charge in [-0.25, -0.2) is 0 Å². The Bertz CT molecular complexity index is 430. The molecule has 1 amide bonds. The summed E-state index contributed by atoms with van der Waals surface area (Å²) in [6, 6.07) is 7.53. The number of nitrogens with zero attached hydrogens (tertiary/aromatic N) is 1. The topological polar surface area (TPSA) is 41.6 Å². The Morgan fingerprint density at radius 1 is 1.35 bits per heavy atom. The van der Waals surface area contributed by atoms with Gasteiger partial charge in [-0.15, -0.1) is 0 Å². The van der Waals surface area contributed by atoms with Gasteiger partial charge in [0.1, 0.15) is 6.61 Å². The summed E-state index contributed by atoms with van der Waals surface area (Å²) in [5.41, 5.74) is 1.06. The first-order valence-corrected chi connectivity index (χ1v) is 7.33. The smallest absolute Gasteiger partial charge is 0.248 e. The summed E-state index contributed by atoms with van der Waals surface area (Å²) in [6.07, 6.45) is 2.17. The molecule has 0 radical (unpaired) electrons. The lowest BCUT2D eigenvalue weighted by Crippen LogP contribution is -2.36. The SMILES string of the molecule is CN(Cc1ccc(Cl)cc1)C(=O)COC1CCNCC1. The van der Waals surface area contributed by atoms with Crippen molar-refractivity contribution in [3.8, 4) is 0 Å². The average molecular weight is 297 g/mol. The second-order valence-electron chi connectivity index (χ2n) is 5.14. The maximum Gasteiger partial charge on any atom is 0.248 e. The molecule has 4 nitrogen and oxygen atoms in total. The number of carbonyl (C=O) groups excluding carboxylic acids is 1. The minimum atomic E-state index is 0.0125. The second kappa shape index (κ2) is 7.62. The van der Waals surface area contributed by atoms with E-state index in [0.717, 1.165) is 31.5 Å². The van der Waals surface area contributed by atoms with Crippen molar-refractivity contribution in [2.45, 2.75) is 25.5 Å². The van der Waals surface area contributed by atoms with Crippen LogP contribution in [0.2, 0.25) is 5.02 Å². The zero-order valence-electron chi connectivity index (χ0n) is 11.8. The lowest BCUT2D eigenvalue weighted by Gasteiger charge is -2.24. The molecule has 0 atom stereocenters. The Morgan fingerprint density at radius 3 is 2.65 bits per heavy atom. The van der Waals surface area contributed by atoms with Crippen LogP contribution in [0.5, 0.6) is 0 Å². The largest absolute Gasteiger partial charge is 0.368 e. The van der Waals surface area contributed by atoms with Gasteiger partial charge in [0.05, 0.1) is 6.10 Å². The fourth-order valence-corrected chi connectivity index (χ4v) is 2.34. The highest BCUT2D eigenvalue weighted by Crippen LogP contribution is 2.11. The van der Waals surface area contributed by atoms with Gasteiger partial charge in [-0.1, -0.05) is 23.7 Å². The summed E-state index contributed by atoms with van der Waals surface area (Å²) >= 11 is 5.84. The molecule has 1 saturated heterocycles. The first-order chi connectivity index (χ1) is 9.65. The molecule has 0 saturated carbocycles. The molecule has 0 aliphatic carbocycles. The molecule has 110 valence electrons. The van der Waals surface area contributed by atoms with Gasteiger partial charge in [-0.05, 0) is 43.6 Å². The summed E-state index contributed by atoms with van der Waals surface area (Å²) in [5, 5.41) is 3.98. The molecule has 1 heterocycles. The van der Waals surface area contributed by atoms with Crippen LogP contribution in [-0.4, -0.2) is 43.7 Å². The third-order valence-electron chi connectivity index (χ3n) is 3.49. The van der Waals surface area contributed by atoms with E-state index in [1.807, 2.05) is 24.3 Å². The van der Waals surface area contributed by atoms with Crippen LogP contribution in [0.3, 0.4) is 0 Å². The normalized spacial score (nSPS) is 16.1. The van der Waals surface area contributed by atoms with E-state index >= 15 is 0 Å². The maximum absolute atomic E-state index is 12.0. The van der Waals surface area contributed by atoms with Gasteiger partial charge in [-0.3, -0.25) is 4.79 Å². The van der Waals surface area contributed by atoms with E-state index < -0.39 is 0 Å². The van der Waals surface area contributed by atoms with Crippen molar-refractivity contribution < 1.29 is 9.53 Å². The molecular weight excluding hydrogens is 276 g/mol. The van der Waals surface area contributed by atoms with Gasteiger partial charge in [0.2, 0.25) is 5.91 Å². The van der Waals surface area contributed by atoms with Gasteiger partial charge in [-0.2, -0.15) is 0 Å². The van der Waals surface area contributed by atoms with E-state index in [-0.39, 0.29) is 18.6 Å². The quantitative estimate of drug-likeness (QED) is 0.904. The second-order valence-corrected chi connectivity index (χ2v) is 5.57. The number of halogens is 1. The molecule has 1 aromatic carbocycles. The van der Waals surface area contributed by atoms with E-state index in [2.05, 4.69) is 5.32 Å². The molecule has 1 aromatic rings. The predicted molar refractivity (Wildman–Crippen MR) is 79.8 cm³/mol. The van der Waals surface area contributed by atoms with Gasteiger partial charge in [0, 0.05) is 18.6 Å². The lowest BCUT2D eigenvalue weighted by atomic mass is 10.1. The monoisotopic (exact) mass is 296 g/mol. The number of carbonyl (C=O) groups is 1. The van der Waals surface area contributed by atoms with Crippen LogP contribution in [0.4, 0.5) is 0 Å². The number of piperidine rings is 1. The molecular formula is C15H21ClN2O2. The third-order valence-corrected chi connectivity index (χ3v) is 3.74. The molecule has 20 heavy (non-hydrogen) atoms. The number of hydrogen-bond acceptors (Lipinski definition) is 3. The van der Waals surface area contributed by atoms with E-state index in [0.29, 0.717) is 11.6 Å². The predicted octanol–water partition coefficient (Wildman–Crippen LogP) is 2.07. The molecule has 5 heteroatoms. The lowest BCUT2D eigenvalue weighted by molar-refractivity contribution is -0.137. The molecule has 1 fully saturated rings. The Morgan fingerprint density at radius 2 is 2.00 bits per heavy atom. The highest BCUT2D eigenvalue weighted by molar-refractivity contribution is 6.30. The highest BCUT2D eigenvalue weighted by atomic mass is 35.5. The van der Waals surface area contributed by atoms with E-state index in [4.69, 9.17) is 16.3 Å². The summed E-state index contributed by atoms with van der Waals surface area (Å²) < 4.78 is 5.67. The number of hydrogen-bond donors (Lipinski definition) is 1. The Labute approximate surface area is 125 Å². The zero-order chi connectivity index (χ0) is 14.4. The molecule has 1 aliphatic rings. The van der Waals surface area contributed by atoms with Crippen molar-refractivity contribution >= 4 is 17.5 Å². The first kappa shape index (κ1) is 15.3. The third kappa shape index (κ3) is 4.78. The van der Waals surface area contributed by atoms with Crippen molar-refractivity contribution in [1.82, 2.24) is 10.2 Å². The van der Waals surface area contributed by atoms with Gasteiger partial charge in [0.15, 0.2) is 0 Å². The summed E-state index contributed by atoms with van der Waals surface area (Å²) in [6.45, 7) is 2.68. The Kier molecular flexibility index (Phi) is 5.83. The Balaban J connectivity index is 1.75. The van der Waals surface area contributed by atoms with Crippen molar-refractivity contribution in [3.63, 3.8) is 0 Å². The number of amides is 1. The minimum Gasteiger partial charge on any atom is -0.368 e. The first-order valence-electron chi connectivity index (χ1n) is 6.96. The maximum atomic E-state index is 12.0. The number of ether oxygens (including phenoxy) is 1. The van der Waals surface area contributed by atoms with Crippen LogP contribution < -0.4 is 5.32 Å².